The SMILES string of the molecule is Cc1nc2ccc(C(=O)O)cc2n1CC1CCCC1O. The van der Waals surface area contributed by atoms with Gasteiger partial charge >= 0.3 is 5.97 Å². The number of hydrogen-bond donors (Lipinski definition) is 2. The van der Waals surface area contributed by atoms with Gasteiger partial charge in [-0.25, -0.2) is 9.78 Å². The zero-order valence-corrected chi connectivity index (χ0v) is 11.4. The average Bonchev–Trinajstić information content (AvgIpc) is 2.94. The summed E-state index contributed by atoms with van der Waals surface area (Å²) in [4.78, 5) is 15.6. The van der Waals surface area contributed by atoms with Crippen molar-refractivity contribution in [3.8, 4) is 0 Å². The summed E-state index contributed by atoms with van der Waals surface area (Å²) in [6.45, 7) is 2.62. The summed E-state index contributed by atoms with van der Waals surface area (Å²) in [5, 5.41) is 19.1. The van der Waals surface area contributed by atoms with E-state index >= 15 is 0 Å². The van der Waals surface area contributed by atoms with Crippen molar-refractivity contribution in [3.05, 3.63) is 29.6 Å². The minimum atomic E-state index is -0.932. The molecule has 1 aromatic carbocycles. The molecule has 1 heterocycles. The molecule has 1 fully saturated rings. The predicted octanol–water partition coefficient (Wildman–Crippen LogP) is 2.20. The molecule has 5 nitrogen and oxygen atoms in total. The fraction of sp³-hybridized carbons (Fsp3) is 0.467. The zero-order chi connectivity index (χ0) is 14.3. The van der Waals surface area contributed by atoms with Gasteiger partial charge in [-0.2, -0.15) is 0 Å². The number of carbonyl (C=O) groups is 1. The van der Waals surface area contributed by atoms with Gasteiger partial charge < -0.3 is 14.8 Å². The second-order valence-electron chi connectivity index (χ2n) is 5.54. The summed E-state index contributed by atoms with van der Waals surface area (Å²) in [6.07, 6.45) is 2.67. The van der Waals surface area contributed by atoms with Gasteiger partial charge in [-0.15, -0.1) is 0 Å². The Balaban J connectivity index is 2.02. The Labute approximate surface area is 116 Å². The first-order chi connectivity index (χ1) is 9.56. The van der Waals surface area contributed by atoms with Crippen molar-refractivity contribution in [3.63, 3.8) is 0 Å². The molecule has 0 saturated heterocycles. The first kappa shape index (κ1) is 13.1. The Bertz CT molecular complexity index is 662. The number of aliphatic hydroxyl groups is 1. The number of aromatic nitrogens is 2. The van der Waals surface area contributed by atoms with Crippen LogP contribution in [0.1, 0.15) is 35.4 Å². The molecule has 0 bridgehead atoms. The van der Waals surface area contributed by atoms with E-state index in [1.54, 1.807) is 18.2 Å². The average molecular weight is 274 g/mol. The third-order valence-corrected chi connectivity index (χ3v) is 4.22. The number of benzene rings is 1. The van der Waals surface area contributed by atoms with Gasteiger partial charge in [-0.05, 0) is 38.0 Å². The highest BCUT2D eigenvalue weighted by atomic mass is 16.4. The molecule has 1 aliphatic carbocycles. The maximum absolute atomic E-state index is 11.1. The number of rotatable bonds is 3. The third-order valence-electron chi connectivity index (χ3n) is 4.22. The van der Waals surface area contributed by atoms with Gasteiger partial charge in [0.25, 0.3) is 0 Å². The summed E-state index contributed by atoms with van der Waals surface area (Å²) in [6, 6.07) is 4.98. The van der Waals surface area contributed by atoms with Crippen LogP contribution in [-0.4, -0.2) is 31.8 Å². The van der Waals surface area contributed by atoms with Crippen LogP contribution in [0, 0.1) is 12.8 Å². The molecular weight excluding hydrogens is 256 g/mol. The highest BCUT2D eigenvalue weighted by Crippen LogP contribution is 2.29. The molecule has 0 amide bonds. The highest BCUT2D eigenvalue weighted by Gasteiger charge is 2.26. The van der Waals surface area contributed by atoms with E-state index in [4.69, 9.17) is 5.11 Å². The molecule has 3 rings (SSSR count). The van der Waals surface area contributed by atoms with Crippen LogP contribution in [0.25, 0.3) is 11.0 Å². The van der Waals surface area contributed by atoms with Gasteiger partial charge in [0, 0.05) is 12.5 Å². The molecule has 1 saturated carbocycles. The molecule has 2 N–H and O–H groups in total. The summed E-state index contributed by atoms with van der Waals surface area (Å²) in [7, 11) is 0. The van der Waals surface area contributed by atoms with Gasteiger partial charge in [0.1, 0.15) is 5.82 Å². The van der Waals surface area contributed by atoms with Crippen molar-refractivity contribution >= 4 is 17.0 Å². The molecule has 2 aromatic rings. The Morgan fingerprint density at radius 3 is 2.90 bits per heavy atom. The molecule has 0 spiro atoms. The molecule has 0 aliphatic heterocycles. The van der Waals surface area contributed by atoms with E-state index in [1.165, 1.54) is 0 Å². The first-order valence-corrected chi connectivity index (χ1v) is 6.94. The van der Waals surface area contributed by atoms with Crippen LogP contribution in [0.5, 0.6) is 0 Å². The molecule has 1 aromatic heterocycles. The maximum atomic E-state index is 11.1. The summed E-state index contributed by atoms with van der Waals surface area (Å²) in [5.41, 5.74) is 1.91. The third kappa shape index (κ3) is 2.18. The molecule has 2 unspecified atom stereocenters. The number of carboxylic acids is 1. The second kappa shape index (κ2) is 4.90. The standard InChI is InChI=1S/C15H18N2O3/c1-9-16-12-6-5-10(15(19)20)7-13(12)17(9)8-11-3-2-4-14(11)18/h5-7,11,14,18H,2-4,8H2,1H3,(H,19,20). The van der Waals surface area contributed by atoms with Gasteiger partial charge in [0.15, 0.2) is 0 Å². The lowest BCUT2D eigenvalue weighted by atomic mass is 10.1. The fourth-order valence-corrected chi connectivity index (χ4v) is 3.07. The van der Waals surface area contributed by atoms with Crippen LogP contribution in [0.15, 0.2) is 18.2 Å². The number of aliphatic hydroxyl groups excluding tert-OH is 1. The Morgan fingerprint density at radius 1 is 1.45 bits per heavy atom. The largest absolute Gasteiger partial charge is 0.478 e. The van der Waals surface area contributed by atoms with E-state index in [1.807, 2.05) is 11.5 Å². The first-order valence-electron chi connectivity index (χ1n) is 6.94. The number of aryl methyl sites for hydroxylation is 1. The highest BCUT2D eigenvalue weighted by molar-refractivity contribution is 5.92. The van der Waals surface area contributed by atoms with Crippen LogP contribution in [-0.2, 0) is 6.54 Å². The molecule has 2 atom stereocenters. The van der Waals surface area contributed by atoms with Gasteiger partial charge in [-0.1, -0.05) is 6.42 Å². The van der Waals surface area contributed by atoms with Crippen LogP contribution in [0.2, 0.25) is 0 Å². The number of hydrogen-bond acceptors (Lipinski definition) is 3. The lowest BCUT2D eigenvalue weighted by molar-refractivity contribution is 0.0697. The van der Waals surface area contributed by atoms with Crippen molar-refractivity contribution in [2.75, 3.05) is 0 Å². The number of aromatic carboxylic acids is 1. The van der Waals surface area contributed by atoms with Crippen molar-refractivity contribution in [2.45, 2.75) is 38.8 Å². The second-order valence-corrected chi connectivity index (χ2v) is 5.54. The Kier molecular flexibility index (Phi) is 3.22. The van der Waals surface area contributed by atoms with E-state index in [9.17, 15) is 9.90 Å². The molecule has 0 radical (unpaired) electrons. The molecule has 5 heteroatoms. The zero-order valence-electron chi connectivity index (χ0n) is 11.4. The van der Waals surface area contributed by atoms with Gasteiger partial charge in [-0.3, -0.25) is 0 Å². The summed E-state index contributed by atoms with van der Waals surface area (Å²) in [5.74, 6) is 0.166. The molecule has 1 aliphatic rings. The summed E-state index contributed by atoms with van der Waals surface area (Å²) >= 11 is 0. The van der Waals surface area contributed by atoms with E-state index in [-0.39, 0.29) is 17.6 Å². The topological polar surface area (TPSA) is 75.3 Å². The van der Waals surface area contributed by atoms with E-state index < -0.39 is 5.97 Å². The minimum absolute atomic E-state index is 0.236. The van der Waals surface area contributed by atoms with Crippen molar-refractivity contribution in [2.24, 2.45) is 5.92 Å². The van der Waals surface area contributed by atoms with Crippen LogP contribution >= 0.6 is 0 Å². The molecule has 106 valence electrons. The lowest BCUT2D eigenvalue weighted by Gasteiger charge is -2.16. The summed E-state index contributed by atoms with van der Waals surface area (Å²) < 4.78 is 2.03. The number of imidazole rings is 1. The van der Waals surface area contributed by atoms with Crippen LogP contribution in [0.4, 0.5) is 0 Å². The lowest BCUT2D eigenvalue weighted by Crippen LogP contribution is -2.19. The van der Waals surface area contributed by atoms with E-state index in [0.29, 0.717) is 6.54 Å². The smallest absolute Gasteiger partial charge is 0.335 e. The normalized spacial score (nSPS) is 22.5. The molecular formula is C15H18N2O3. The van der Waals surface area contributed by atoms with Crippen LogP contribution < -0.4 is 0 Å². The van der Waals surface area contributed by atoms with Gasteiger partial charge in [0.05, 0.1) is 22.7 Å². The van der Waals surface area contributed by atoms with E-state index in [0.717, 1.165) is 36.1 Å². The Morgan fingerprint density at radius 2 is 2.25 bits per heavy atom. The minimum Gasteiger partial charge on any atom is -0.478 e. The maximum Gasteiger partial charge on any atom is 0.335 e. The quantitative estimate of drug-likeness (QED) is 0.899. The predicted molar refractivity (Wildman–Crippen MR) is 74.8 cm³/mol. The fourth-order valence-electron chi connectivity index (χ4n) is 3.07. The number of fused-ring (bicyclic) bond motifs is 1. The number of nitrogens with zero attached hydrogens (tertiary/aromatic N) is 2. The monoisotopic (exact) mass is 274 g/mol. The Hall–Kier alpha value is -1.88. The van der Waals surface area contributed by atoms with Gasteiger partial charge in [0.2, 0.25) is 0 Å². The van der Waals surface area contributed by atoms with Crippen LogP contribution in [0.3, 0.4) is 0 Å². The van der Waals surface area contributed by atoms with Crippen molar-refractivity contribution in [1.82, 2.24) is 9.55 Å². The van der Waals surface area contributed by atoms with E-state index in [2.05, 4.69) is 4.98 Å². The number of carboxylic acid groups (broad SMARTS) is 1. The van der Waals surface area contributed by atoms with Crippen molar-refractivity contribution < 1.29 is 15.0 Å². The molecule has 20 heavy (non-hydrogen) atoms. The van der Waals surface area contributed by atoms with Crippen molar-refractivity contribution in [1.29, 1.82) is 0 Å².